The summed E-state index contributed by atoms with van der Waals surface area (Å²) in [5, 5.41) is 8.20. The van der Waals surface area contributed by atoms with E-state index in [0.717, 1.165) is 49.8 Å². The standard InChI is InChI=1S/C17H22N4O3/c1-10(2)16-18-15(20-24-16)13-8-5-9-21(13)17(22)14-11-6-3-4-7-12(11)19-23-14/h10,13H,3-9H2,1-2H3. The van der Waals surface area contributed by atoms with Gasteiger partial charge in [0.2, 0.25) is 11.7 Å². The first kappa shape index (κ1) is 15.4. The number of hydrogen-bond donors (Lipinski definition) is 0. The third kappa shape index (κ3) is 2.52. The molecule has 0 spiro atoms. The van der Waals surface area contributed by atoms with Crippen molar-refractivity contribution in [2.24, 2.45) is 0 Å². The molecule has 0 radical (unpaired) electrons. The maximum atomic E-state index is 13.0. The molecule has 1 saturated heterocycles. The van der Waals surface area contributed by atoms with Crippen molar-refractivity contribution in [2.45, 2.75) is 64.3 Å². The van der Waals surface area contributed by atoms with Crippen molar-refractivity contribution in [1.29, 1.82) is 0 Å². The van der Waals surface area contributed by atoms with Crippen LogP contribution >= 0.6 is 0 Å². The average molecular weight is 330 g/mol. The van der Waals surface area contributed by atoms with Gasteiger partial charge in [-0.1, -0.05) is 24.2 Å². The molecule has 0 saturated carbocycles. The van der Waals surface area contributed by atoms with Gasteiger partial charge in [-0.25, -0.2) is 0 Å². The van der Waals surface area contributed by atoms with Crippen LogP contribution in [-0.2, 0) is 12.8 Å². The molecule has 24 heavy (non-hydrogen) atoms. The molecule has 7 heteroatoms. The first-order valence-corrected chi connectivity index (χ1v) is 8.77. The maximum Gasteiger partial charge on any atom is 0.293 e. The highest BCUT2D eigenvalue weighted by Gasteiger charge is 2.37. The van der Waals surface area contributed by atoms with Gasteiger partial charge in [0.15, 0.2) is 5.82 Å². The van der Waals surface area contributed by atoms with Gasteiger partial charge in [-0.3, -0.25) is 4.79 Å². The van der Waals surface area contributed by atoms with Gasteiger partial charge in [0.1, 0.15) is 0 Å². The lowest BCUT2D eigenvalue weighted by atomic mass is 9.96. The molecule has 1 fully saturated rings. The number of aryl methyl sites for hydroxylation is 1. The Kier molecular flexibility index (Phi) is 3.86. The second-order valence-corrected chi connectivity index (χ2v) is 6.95. The molecule has 4 rings (SSSR count). The van der Waals surface area contributed by atoms with Crippen LogP contribution in [0.2, 0.25) is 0 Å². The molecule has 0 aromatic carbocycles. The molecule has 1 atom stereocenters. The van der Waals surface area contributed by atoms with Crippen molar-refractivity contribution in [3.8, 4) is 0 Å². The van der Waals surface area contributed by atoms with E-state index in [4.69, 9.17) is 9.05 Å². The van der Waals surface area contributed by atoms with Crippen molar-refractivity contribution in [1.82, 2.24) is 20.2 Å². The Morgan fingerprint density at radius 2 is 2.00 bits per heavy atom. The number of hydrogen-bond acceptors (Lipinski definition) is 6. The number of nitrogens with zero attached hydrogens (tertiary/aromatic N) is 4. The number of aromatic nitrogens is 3. The minimum absolute atomic E-state index is 0.0935. The van der Waals surface area contributed by atoms with Crippen molar-refractivity contribution in [3.05, 3.63) is 28.7 Å². The van der Waals surface area contributed by atoms with Crippen LogP contribution in [0.4, 0.5) is 0 Å². The maximum absolute atomic E-state index is 13.0. The highest BCUT2D eigenvalue weighted by molar-refractivity contribution is 5.93. The molecule has 2 aliphatic rings. The number of likely N-dealkylation sites (tertiary alicyclic amines) is 1. The summed E-state index contributed by atoms with van der Waals surface area (Å²) in [5.74, 6) is 1.70. The molecular weight excluding hydrogens is 308 g/mol. The third-order valence-electron chi connectivity index (χ3n) is 4.92. The summed E-state index contributed by atoms with van der Waals surface area (Å²) in [6.07, 6.45) is 5.74. The molecule has 1 amide bonds. The zero-order chi connectivity index (χ0) is 16.7. The number of rotatable bonds is 3. The average Bonchev–Trinajstić information content (AvgIpc) is 3.31. The van der Waals surface area contributed by atoms with E-state index in [0.29, 0.717) is 24.0 Å². The summed E-state index contributed by atoms with van der Waals surface area (Å²) in [6, 6.07) is -0.141. The molecule has 128 valence electrons. The minimum atomic E-state index is -0.141. The first-order chi connectivity index (χ1) is 11.6. The van der Waals surface area contributed by atoms with Crippen LogP contribution in [0, 0.1) is 0 Å². The molecular formula is C17H22N4O3. The Labute approximate surface area is 140 Å². The highest BCUT2D eigenvalue weighted by Crippen LogP contribution is 2.34. The Balaban J connectivity index is 1.60. The van der Waals surface area contributed by atoms with Gasteiger partial charge < -0.3 is 13.9 Å². The SMILES string of the molecule is CC(C)c1nc(C2CCCN2C(=O)c2onc3c2CCCC3)no1. The van der Waals surface area contributed by atoms with E-state index in [1.165, 1.54) is 0 Å². The van der Waals surface area contributed by atoms with Crippen molar-refractivity contribution in [2.75, 3.05) is 6.54 Å². The van der Waals surface area contributed by atoms with E-state index < -0.39 is 0 Å². The third-order valence-corrected chi connectivity index (χ3v) is 4.92. The highest BCUT2D eigenvalue weighted by atomic mass is 16.5. The fraction of sp³-hybridized carbons (Fsp3) is 0.647. The molecule has 0 N–H and O–H groups in total. The zero-order valence-electron chi connectivity index (χ0n) is 14.1. The topological polar surface area (TPSA) is 85.3 Å². The first-order valence-electron chi connectivity index (χ1n) is 8.77. The molecule has 1 aliphatic heterocycles. The molecule has 7 nitrogen and oxygen atoms in total. The van der Waals surface area contributed by atoms with Gasteiger partial charge in [0, 0.05) is 18.0 Å². The Morgan fingerprint density at radius 3 is 2.79 bits per heavy atom. The quantitative estimate of drug-likeness (QED) is 0.860. The van der Waals surface area contributed by atoms with Gasteiger partial charge in [-0.15, -0.1) is 0 Å². The van der Waals surface area contributed by atoms with Crippen molar-refractivity contribution >= 4 is 5.91 Å². The second-order valence-electron chi connectivity index (χ2n) is 6.95. The Morgan fingerprint density at radius 1 is 1.17 bits per heavy atom. The lowest BCUT2D eigenvalue weighted by Gasteiger charge is -2.21. The summed E-state index contributed by atoms with van der Waals surface area (Å²) < 4.78 is 10.7. The van der Waals surface area contributed by atoms with E-state index in [1.54, 1.807) is 0 Å². The van der Waals surface area contributed by atoms with E-state index in [2.05, 4.69) is 15.3 Å². The van der Waals surface area contributed by atoms with Crippen LogP contribution in [0.5, 0.6) is 0 Å². The summed E-state index contributed by atoms with van der Waals surface area (Å²) >= 11 is 0. The molecule has 2 aromatic heterocycles. The van der Waals surface area contributed by atoms with Crippen LogP contribution in [-0.4, -0.2) is 32.6 Å². The fourth-order valence-corrected chi connectivity index (χ4v) is 3.58. The van der Waals surface area contributed by atoms with E-state index in [9.17, 15) is 4.79 Å². The molecule has 1 aliphatic carbocycles. The molecule has 3 heterocycles. The Bertz CT molecular complexity index is 749. The number of carbonyl (C=O) groups is 1. The lowest BCUT2D eigenvalue weighted by molar-refractivity contribution is 0.0684. The van der Waals surface area contributed by atoms with Crippen LogP contribution in [0.15, 0.2) is 9.05 Å². The second kappa shape index (κ2) is 6.03. The van der Waals surface area contributed by atoms with Crippen LogP contribution in [0.3, 0.4) is 0 Å². The van der Waals surface area contributed by atoms with Crippen LogP contribution in [0.1, 0.15) is 85.0 Å². The minimum Gasteiger partial charge on any atom is -0.350 e. The number of fused-ring (bicyclic) bond motifs is 1. The van der Waals surface area contributed by atoms with E-state index in [-0.39, 0.29) is 17.9 Å². The van der Waals surface area contributed by atoms with Gasteiger partial charge in [0.05, 0.1) is 11.7 Å². The van der Waals surface area contributed by atoms with Gasteiger partial charge in [-0.2, -0.15) is 4.98 Å². The van der Waals surface area contributed by atoms with E-state index in [1.807, 2.05) is 18.7 Å². The van der Waals surface area contributed by atoms with Crippen molar-refractivity contribution in [3.63, 3.8) is 0 Å². The van der Waals surface area contributed by atoms with Crippen LogP contribution < -0.4 is 0 Å². The summed E-state index contributed by atoms with van der Waals surface area (Å²) in [6.45, 7) is 4.70. The molecule has 0 bridgehead atoms. The van der Waals surface area contributed by atoms with Crippen LogP contribution in [0.25, 0.3) is 0 Å². The Hall–Kier alpha value is -2.18. The fourth-order valence-electron chi connectivity index (χ4n) is 3.58. The van der Waals surface area contributed by atoms with Gasteiger partial charge in [0.25, 0.3) is 5.91 Å². The lowest BCUT2D eigenvalue weighted by Crippen LogP contribution is -2.31. The van der Waals surface area contributed by atoms with E-state index >= 15 is 0 Å². The number of carbonyl (C=O) groups excluding carboxylic acids is 1. The molecule has 2 aromatic rings. The summed E-state index contributed by atoms with van der Waals surface area (Å²) in [4.78, 5) is 19.3. The van der Waals surface area contributed by atoms with Crippen molar-refractivity contribution < 1.29 is 13.8 Å². The largest absolute Gasteiger partial charge is 0.350 e. The smallest absolute Gasteiger partial charge is 0.293 e. The monoisotopic (exact) mass is 330 g/mol. The predicted octanol–water partition coefficient (Wildman–Crippen LogP) is 3.04. The number of amides is 1. The normalized spacial score (nSPS) is 20.6. The van der Waals surface area contributed by atoms with Gasteiger partial charge in [-0.05, 0) is 38.5 Å². The summed E-state index contributed by atoms with van der Waals surface area (Å²) in [5.41, 5.74) is 1.94. The summed E-state index contributed by atoms with van der Waals surface area (Å²) in [7, 11) is 0. The molecule has 1 unspecified atom stereocenters. The van der Waals surface area contributed by atoms with Gasteiger partial charge >= 0.3 is 0 Å². The predicted molar refractivity (Wildman–Crippen MR) is 84.5 cm³/mol. The zero-order valence-corrected chi connectivity index (χ0v) is 14.1.